The molecule has 1 heterocycles. The molecule has 0 aliphatic carbocycles. The third-order valence-electron chi connectivity index (χ3n) is 4.06. The van der Waals surface area contributed by atoms with Gasteiger partial charge in [0, 0.05) is 21.9 Å². The van der Waals surface area contributed by atoms with Gasteiger partial charge in [0.1, 0.15) is 5.75 Å². The Morgan fingerprint density at radius 3 is 2.62 bits per heavy atom. The molecule has 3 aromatic carbocycles. The number of hydrogen-bond donors (Lipinski definition) is 1. The highest BCUT2D eigenvalue weighted by molar-refractivity contribution is 7.14. The summed E-state index contributed by atoms with van der Waals surface area (Å²) in [7, 11) is 1.68. The molecule has 128 valence electrons. The Balaban J connectivity index is 1.57. The zero-order chi connectivity index (χ0) is 17.8. The molecule has 0 bridgehead atoms. The summed E-state index contributed by atoms with van der Waals surface area (Å²) in [6, 6.07) is 22.2. The Hall–Kier alpha value is -3.18. The molecule has 0 saturated heterocycles. The van der Waals surface area contributed by atoms with Crippen LogP contribution in [-0.2, 0) is 0 Å². The van der Waals surface area contributed by atoms with Crippen molar-refractivity contribution in [2.45, 2.75) is 0 Å². The normalized spacial score (nSPS) is 11.1. The van der Waals surface area contributed by atoms with Crippen LogP contribution in [0.25, 0.3) is 22.0 Å². The number of nitrogens with zero attached hydrogens (tertiary/aromatic N) is 2. The van der Waals surface area contributed by atoms with E-state index >= 15 is 0 Å². The van der Waals surface area contributed by atoms with Crippen molar-refractivity contribution in [1.82, 2.24) is 4.98 Å². The molecule has 0 amide bonds. The van der Waals surface area contributed by atoms with Gasteiger partial charge in [-0.05, 0) is 11.5 Å². The molecule has 4 rings (SSSR count). The zero-order valence-corrected chi connectivity index (χ0v) is 15.0. The van der Waals surface area contributed by atoms with Gasteiger partial charge >= 0.3 is 0 Å². The van der Waals surface area contributed by atoms with Crippen molar-refractivity contribution in [3.63, 3.8) is 0 Å². The summed E-state index contributed by atoms with van der Waals surface area (Å²) in [5.74, 6) is 0.838. The predicted molar refractivity (Wildman–Crippen MR) is 109 cm³/mol. The third-order valence-corrected chi connectivity index (χ3v) is 4.80. The van der Waals surface area contributed by atoms with Crippen LogP contribution >= 0.6 is 11.3 Å². The SMILES string of the molecule is COc1cccc2cccc(C=NNc3nc(-c4ccccc4)cs3)c12. The average Bonchev–Trinajstić information content (AvgIpc) is 3.17. The quantitative estimate of drug-likeness (QED) is 0.382. The lowest BCUT2D eigenvalue weighted by Crippen LogP contribution is -1.93. The standard InChI is InChI=1S/C21H17N3OS/c1-25-19-12-6-10-16-9-5-11-17(20(16)19)13-22-24-21-23-18(14-26-21)15-7-3-2-4-8-15/h2-14H,1H3,(H,23,24). The second-order valence-corrected chi connectivity index (χ2v) is 6.54. The first-order valence-corrected chi connectivity index (χ1v) is 9.09. The van der Waals surface area contributed by atoms with Crippen molar-refractivity contribution >= 4 is 33.5 Å². The van der Waals surface area contributed by atoms with Crippen molar-refractivity contribution in [2.75, 3.05) is 12.5 Å². The van der Waals surface area contributed by atoms with Crippen LogP contribution in [0.4, 0.5) is 5.13 Å². The Morgan fingerprint density at radius 2 is 1.81 bits per heavy atom. The van der Waals surface area contributed by atoms with Gasteiger partial charge in [-0.1, -0.05) is 60.7 Å². The molecule has 0 radical (unpaired) electrons. The number of hydrazone groups is 1. The van der Waals surface area contributed by atoms with Crippen LogP contribution in [0.5, 0.6) is 5.75 Å². The largest absolute Gasteiger partial charge is 0.496 e. The van der Waals surface area contributed by atoms with Gasteiger partial charge in [-0.25, -0.2) is 4.98 Å². The first-order chi connectivity index (χ1) is 12.8. The van der Waals surface area contributed by atoms with Crippen LogP contribution in [0.2, 0.25) is 0 Å². The maximum Gasteiger partial charge on any atom is 0.203 e. The van der Waals surface area contributed by atoms with Gasteiger partial charge in [-0.2, -0.15) is 5.10 Å². The monoisotopic (exact) mass is 359 g/mol. The molecule has 26 heavy (non-hydrogen) atoms. The first-order valence-electron chi connectivity index (χ1n) is 8.21. The summed E-state index contributed by atoms with van der Waals surface area (Å²) >= 11 is 1.53. The highest BCUT2D eigenvalue weighted by Gasteiger charge is 2.06. The maximum absolute atomic E-state index is 5.49. The molecular weight excluding hydrogens is 342 g/mol. The van der Waals surface area contributed by atoms with E-state index < -0.39 is 0 Å². The van der Waals surface area contributed by atoms with Gasteiger partial charge in [0.2, 0.25) is 5.13 Å². The fraction of sp³-hybridized carbons (Fsp3) is 0.0476. The second-order valence-electron chi connectivity index (χ2n) is 5.68. The number of ether oxygens (including phenoxy) is 1. The number of nitrogens with one attached hydrogen (secondary N) is 1. The molecule has 0 fully saturated rings. The third kappa shape index (κ3) is 3.30. The van der Waals surface area contributed by atoms with Gasteiger partial charge in [0.05, 0.1) is 19.0 Å². The van der Waals surface area contributed by atoms with Crippen LogP contribution in [0.1, 0.15) is 5.56 Å². The fourth-order valence-corrected chi connectivity index (χ4v) is 3.50. The van der Waals surface area contributed by atoms with Crippen molar-refractivity contribution in [3.8, 4) is 17.0 Å². The highest BCUT2D eigenvalue weighted by atomic mass is 32.1. The summed E-state index contributed by atoms with van der Waals surface area (Å²) in [6.07, 6.45) is 1.80. The van der Waals surface area contributed by atoms with Crippen molar-refractivity contribution in [2.24, 2.45) is 5.10 Å². The number of methoxy groups -OCH3 is 1. The summed E-state index contributed by atoms with van der Waals surface area (Å²) in [6.45, 7) is 0. The van der Waals surface area contributed by atoms with E-state index in [4.69, 9.17) is 4.74 Å². The molecule has 4 aromatic rings. The summed E-state index contributed by atoms with van der Waals surface area (Å²) in [5.41, 5.74) is 6.06. The molecule has 0 saturated carbocycles. The van der Waals surface area contributed by atoms with E-state index in [2.05, 4.69) is 27.6 Å². The van der Waals surface area contributed by atoms with Gasteiger partial charge in [-0.3, -0.25) is 5.43 Å². The molecule has 0 aliphatic heterocycles. The predicted octanol–water partition coefficient (Wildman–Crippen LogP) is 5.42. The van der Waals surface area contributed by atoms with Gasteiger partial charge in [-0.15, -0.1) is 11.3 Å². The van der Waals surface area contributed by atoms with E-state index in [0.29, 0.717) is 0 Å². The molecule has 4 nitrogen and oxygen atoms in total. The number of hydrogen-bond acceptors (Lipinski definition) is 5. The number of benzene rings is 3. The van der Waals surface area contributed by atoms with Crippen molar-refractivity contribution in [1.29, 1.82) is 0 Å². The molecule has 1 N–H and O–H groups in total. The van der Waals surface area contributed by atoms with Crippen molar-refractivity contribution < 1.29 is 4.74 Å². The number of anilines is 1. The van der Waals surface area contributed by atoms with E-state index in [1.165, 1.54) is 11.3 Å². The molecule has 1 aromatic heterocycles. The van der Waals surface area contributed by atoms with E-state index in [0.717, 1.165) is 38.5 Å². The summed E-state index contributed by atoms with van der Waals surface area (Å²) in [4.78, 5) is 4.58. The minimum Gasteiger partial charge on any atom is -0.496 e. The average molecular weight is 359 g/mol. The molecule has 0 atom stereocenters. The smallest absolute Gasteiger partial charge is 0.203 e. The van der Waals surface area contributed by atoms with E-state index in [1.807, 2.05) is 60.0 Å². The molecular formula is C21H17N3OS. The topological polar surface area (TPSA) is 46.5 Å². The summed E-state index contributed by atoms with van der Waals surface area (Å²) < 4.78 is 5.49. The number of thiazole rings is 1. The second kappa shape index (κ2) is 7.37. The van der Waals surface area contributed by atoms with Crippen LogP contribution in [0.15, 0.2) is 77.2 Å². The lowest BCUT2D eigenvalue weighted by Gasteiger charge is -2.07. The Labute approximate surface area is 155 Å². The van der Waals surface area contributed by atoms with Gasteiger partial charge < -0.3 is 4.74 Å². The fourth-order valence-electron chi connectivity index (χ4n) is 2.84. The van der Waals surface area contributed by atoms with E-state index in [1.54, 1.807) is 13.3 Å². The van der Waals surface area contributed by atoms with Crippen LogP contribution in [0.3, 0.4) is 0 Å². The van der Waals surface area contributed by atoms with Crippen LogP contribution < -0.4 is 10.2 Å². The van der Waals surface area contributed by atoms with Crippen LogP contribution in [-0.4, -0.2) is 18.3 Å². The Morgan fingerprint density at radius 1 is 1.00 bits per heavy atom. The molecule has 0 aliphatic rings. The van der Waals surface area contributed by atoms with Crippen molar-refractivity contribution in [3.05, 3.63) is 77.7 Å². The molecule has 5 heteroatoms. The van der Waals surface area contributed by atoms with Gasteiger partial charge in [0.25, 0.3) is 0 Å². The molecule has 0 unspecified atom stereocenters. The van der Waals surface area contributed by atoms with E-state index in [-0.39, 0.29) is 0 Å². The summed E-state index contributed by atoms with van der Waals surface area (Å²) in [5, 5.41) is 9.31. The number of rotatable bonds is 5. The lowest BCUT2D eigenvalue weighted by atomic mass is 10.0. The molecule has 0 spiro atoms. The maximum atomic E-state index is 5.49. The zero-order valence-electron chi connectivity index (χ0n) is 14.2. The minimum atomic E-state index is 0.757. The number of aromatic nitrogens is 1. The highest BCUT2D eigenvalue weighted by Crippen LogP contribution is 2.28. The Kier molecular flexibility index (Phi) is 4.62. The number of fused-ring (bicyclic) bond motifs is 1. The van der Waals surface area contributed by atoms with Crippen LogP contribution in [0, 0.1) is 0 Å². The lowest BCUT2D eigenvalue weighted by molar-refractivity contribution is 0.420. The first kappa shape index (κ1) is 16.3. The van der Waals surface area contributed by atoms with Gasteiger partial charge in [0.15, 0.2) is 0 Å². The minimum absolute atomic E-state index is 0.757. The Bertz CT molecular complexity index is 1050. The van der Waals surface area contributed by atoms with E-state index in [9.17, 15) is 0 Å².